The van der Waals surface area contributed by atoms with E-state index in [4.69, 9.17) is 4.42 Å². The minimum atomic E-state index is -0.286. The van der Waals surface area contributed by atoms with Crippen molar-refractivity contribution >= 4 is 39.0 Å². The Kier molecular flexibility index (Phi) is 7.19. The van der Waals surface area contributed by atoms with Gasteiger partial charge in [0.15, 0.2) is 0 Å². The third-order valence-corrected chi connectivity index (χ3v) is 11.0. The molecule has 0 N–H and O–H groups in total. The van der Waals surface area contributed by atoms with Crippen LogP contribution in [0.25, 0.3) is 66.4 Å². The average molecular weight is 680 g/mol. The maximum absolute atomic E-state index is 6.40. The molecular weight excluding hydrogens is 643 g/mol. The van der Waals surface area contributed by atoms with Gasteiger partial charge in [-0.1, -0.05) is 166 Å². The van der Waals surface area contributed by atoms with Crippen LogP contribution in [0.3, 0.4) is 0 Å². The lowest BCUT2D eigenvalue weighted by atomic mass is 9.78. The summed E-state index contributed by atoms with van der Waals surface area (Å²) in [6.07, 6.45) is 0. The van der Waals surface area contributed by atoms with Crippen LogP contribution in [-0.2, 0) is 5.41 Å². The van der Waals surface area contributed by atoms with Crippen molar-refractivity contribution in [1.29, 1.82) is 0 Å². The first-order chi connectivity index (χ1) is 26.1. The zero-order valence-corrected chi connectivity index (χ0v) is 29.8. The minimum Gasteiger partial charge on any atom is -0.456 e. The molecule has 0 atom stereocenters. The minimum absolute atomic E-state index is 0.286. The molecule has 53 heavy (non-hydrogen) atoms. The maximum atomic E-state index is 6.40. The molecule has 2 nitrogen and oxygen atoms in total. The molecule has 1 aromatic heterocycles. The van der Waals surface area contributed by atoms with E-state index in [2.05, 4.69) is 201 Å². The number of benzene rings is 8. The Hall–Kier alpha value is -6.64. The molecule has 0 aliphatic heterocycles. The second-order valence-corrected chi connectivity index (χ2v) is 14.5. The smallest absolute Gasteiger partial charge is 0.136 e. The van der Waals surface area contributed by atoms with Crippen LogP contribution in [0.4, 0.5) is 17.1 Å². The van der Waals surface area contributed by atoms with Crippen molar-refractivity contribution in [1.82, 2.24) is 0 Å². The van der Waals surface area contributed by atoms with Crippen LogP contribution in [0.5, 0.6) is 0 Å². The Morgan fingerprint density at radius 2 is 0.906 bits per heavy atom. The van der Waals surface area contributed by atoms with Crippen molar-refractivity contribution in [3.05, 3.63) is 199 Å². The molecule has 9 aromatic rings. The molecule has 252 valence electrons. The van der Waals surface area contributed by atoms with Crippen molar-refractivity contribution < 1.29 is 4.42 Å². The van der Waals surface area contributed by atoms with Crippen LogP contribution in [-0.4, -0.2) is 0 Å². The molecule has 0 bridgehead atoms. The number of hydrogen-bond donors (Lipinski definition) is 0. The molecule has 0 fully saturated rings. The van der Waals surface area contributed by atoms with Crippen LogP contribution in [0.2, 0.25) is 0 Å². The lowest BCUT2D eigenvalue weighted by Gasteiger charge is -2.34. The van der Waals surface area contributed by atoms with Crippen LogP contribution < -0.4 is 4.90 Å². The van der Waals surface area contributed by atoms with E-state index in [1.165, 1.54) is 50.2 Å². The molecule has 0 amide bonds. The monoisotopic (exact) mass is 679 g/mol. The summed E-state index contributed by atoms with van der Waals surface area (Å²) in [5.41, 5.74) is 17.4. The largest absolute Gasteiger partial charge is 0.456 e. The molecule has 0 radical (unpaired) electrons. The Morgan fingerprint density at radius 3 is 1.70 bits per heavy atom. The van der Waals surface area contributed by atoms with Gasteiger partial charge in [0.25, 0.3) is 0 Å². The fourth-order valence-electron chi connectivity index (χ4n) is 8.78. The Bertz CT molecular complexity index is 2790. The van der Waals surface area contributed by atoms with E-state index in [0.29, 0.717) is 0 Å². The van der Waals surface area contributed by atoms with Gasteiger partial charge in [-0.2, -0.15) is 0 Å². The van der Waals surface area contributed by atoms with Gasteiger partial charge in [-0.25, -0.2) is 0 Å². The van der Waals surface area contributed by atoms with Crippen molar-refractivity contribution in [2.45, 2.75) is 19.3 Å². The van der Waals surface area contributed by atoms with Crippen molar-refractivity contribution in [3.8, 4) is 44.5 Å². The van der Waals surface area contributed by atoms with Crippen molar-refractivity contribution in [2.75, 3.05) is 4.90 Å². The van der Waals surface area contributed by atoms with E-state index < -0.39 is 0 Å². The fraction of sp³-hybridized carbons (Fsp3) is 0.0588. The summed E-state index contributed by atoms with van der Waals surface area (Å²) < 4.78 is 6.40. The quantitative estimate of drug-likeness (QED) is 0.174. The van der Waals surface area contributed by atoms with Gasteiger partial charge in [0.1, 0.15) is 11.2 Å². The molecule has 0 spiro atoms. The summed E-state index contributed by atoms with van der Waals surface area (Å²) in [5.74, 6) is 0. The van der Waals surface area contributed by atoms with Crippen molar-refractivity contribution in [2.24, 2.45) is 0 Å². The van der Waals surface area contributed by atoms with E-state index >= 15 is 0 Å². The average Bonchev–Trinajstić information content (AvgIpc) is 3.72. The highest BCUT2D eigenvalue weighted by atomic mass is 16.3. The molecule has 8 aromatic carbocycles. The Balaban J connectivity index is 1.23. The van der Waals surface area contributed by atoms with Gasteiger partial charge >= 0.3 is 0 Å². The summed E-state index contributed by atoms with van der Waals surface area (Å²) in [7, 11) is 0. The number of furan rings is 1. The Morgan fingerprint density at radius 1 is 0.377 bits per heavy atom. The molecule has 2 heteroatoms. The predicted molar refractivity (Wildman–Crippen MR) is 222 cm³/mol. The van der Waals surface area contributed by atoms with Gasteiger partial charge in [0, 0.05) is 27.4 Å². The third-order valence-electron chi connectivity index (χ3n) is 11.0. The summed E-state index contributed by atoms with van der Waals surface area (Å²) >= 11 is 0. The molecule has 0 saturated carbocycles. The molecule has 0 unspecified atom stereocenters. The van der Waals surface area contributed by atoms with E-state index in [-0.39, 0.29) is 5.41 Å². The zero-order valence-electron chi connectivity index (χ0n) is 29.8. The van der Waals surface area contributed by atoms with E-state index in [1.807, 2.05) is 6.07 Å². The SMILES string of the molecule is CC1(C)c2c(-c3ccccc3)cccc2-c2cccc(N(c3ccc(-c4ccccc4)cc3)c3ccccc3-c3cccc4oc5ccccc5c34)c21. The maximum Gasteiger partial charge on any atom is 0.136 e. The number of anilines is 3. The van der Waals surface area contributed by atoms with Gasteiger partial charge in [0.05, 0.1) is 11.4 Å². The van der Waals surface area contributed by atoms with Crippen molar-refractivity contribution in [3.63, 3.8) is 0 Å². The van der Waals surface area contributed by atoms with Gasteiger partial charge < -0.3 is 9.32 Å². The lowest BCUT2D eigenvalue weighted by molar-refractivity contribution is 0.662. The van der Waals surface area contributed by atoms with Crippen LogP contribution in [0.1, 0.15) is 25.0 Å². The van der Waals surface area contributed by atoms with E-state index in [0.717, 1.165) is 44.4 Å². The molecule has 1 aliphatic rings. The first kappa shape index (κ1) is 31.1. The number of hydrogen-bond acceptors (Lipinski definition) is 2. The number of rotatable bonds is 6. The van der Waals surface area contributed by atoms with Crippen LogP contribution >= 0.6 is 0 Å². The third kappa shape index (κ3) is 4.94. The highest BCUT2D eigenvalue weighted by Gasteiger charge is 2.41. The topological polar surface area (TPSA) is 16.4 Å². The number of para-hydroxylation sites is 2. The Labute approximate surface area is 310 Å². The molecule has 0 saturated heterocycles. The molecule has 10 rings (SSSR count). The van der Waals surface area contributed by atoms with Crippen LogP contribution in [0.15, 0.2) is 192 Å². The highest BCUT2D eigenvalue weighted by molar-refractivity contribution is 6.14. The zero-order chi connectivity index (χ0) is 35.5. The van der Waals surface area contributed by atoms with Gasteiger partial charge in [-0.3, -0.25) is 0 Å². The lowest BCUT2D eigenvalue weighted by Crippen LogP contribution is -2.21. The predicted octanol–water partition coefficient (Wildman–Crippen LogP) is 14.4. The van der Waals surface area contributed by atoms with Gasteiger partial charge in [0.2, 0.25) is 0 Å². The van der Waals surface area contributed by atoms with Gasteiger partial charge in [-0.15, -0.1) is 0 Å². The van der Waals surface area contributed by atoms with E-state index in [9.17, 15) is 0 Å². The highest BCUT2D eigenvalue weighted by Crippen LogP contribution is 2.57. The summed E-state index contributed by atoms with van der Waals surface area (Å²) in [6.45, 7) is 4.79. The molecular formula is C51H37NO. The molecule has 1 aliphatic carbocycles. The number of nitrogens with zero attached hydrogens (tertiary/aromatic N) is 1. The number of fused-ring (bicyclic) bond motifs is 6. The summed E-state index contributed by atoms with van der Waals surface area (Å²) in [5, 5.41) is 2.26. The second-order valence-electron chi connectivity index (χ2n) is 14.5. The van der Waals surface area contributed by atoms with Gasteiger partial charge in [-0.05, 0) is 86.5 Å². The second kappa shape index (κ2) is 12.3. The van der Waals surface area contributed by atoms with E-state index in [1.54, 1.807) is 0 Å². The molecule has 1 heterocycles. The standard InChI is InChI=1S/C51H37NO/c1-51(2)49-38(36-18-7-4-8-19-36)22-13-24-41(49)42-25-14-27-45(50(42)51)52(37-32-30-35(31-33-37)34-16-5-3-6-17-34)44-26-11-9-20-39(44)40-23-15-29-47-48(40)43-21-10-12-28-46(43)53-47/h3-33H,1-2H3. The normalized spacial score (nSPS) is 12.9. The first-order valence-electron chi connectivity index (χ1n) is 18.4. The summed E-state index contributed by atoms with van der Waals surface area (Å²) in [6, 6.07) is 67.8. The van der Waals surface area contributed by atoms with Crippen LogP contribution in [0, 0.1) is 0 Å². The first-order valence-corrected chi connectivity index (χ1v) is 18.4. The fourth-order valence-corrected chi connectivity index (χ4v) is 8.78. The summed E-state index contributed by atoms with van der Waals surface area (Å²) in [4.78, 5) is 2.49.